The summed E-state index contributed by atoms with van der Waals surface area (Å²) in [6.07, 6.45) is 2.28. The van der Waals surface area contributed by atoms with E-state index in [9.17, 15) is 34.5 Å². The fourth-order valence-corrected chi connectivity index (χ4v) is 6.38. The van der Waals surface area contributed by atoms with Crippen LogP contribution in [0.15, 0.2) is 23.8 Å². The number of piperidine rings is 1. The summed E-state index contributed by atoms with van der Waals surface area (Å²) in [7, 11) is 3.09. The van der Waals surface area contributed by atoms with Crippen LogP contribution in [0.1, 0.15) is 92.4 Å². The van der Waals surface area contributed by atoms with Crippen molar-refractivity contribution >= 4 is 23.4 Å². The molecule has 1 fully saturated rings. The summed E-state index contributed by atoms with van der Waals surface area (Å²) in [5.74, 6) is -8.13. The van der Waals surface area contributed by atoms with Gasteiger partial charge < -0.3 is 34.4 Å². The van der Waals surface area contributed by atoms with Crippen molar-refractivity contribution in [1.29, 1.82) is 0 Å². The summed E-state index contributed by atoms with van der Waals surface area (Å²) in [5.41, 5.74) is 1.48. The maximum Gasteiger partial charge on any atom is 0.329 e. The molecule has 2 rings (SSSR count). The minimum absolute atomic E-state index is 0.0561. The van der Waals surface area contributed by atoms with Crippen molar-refractivity contribution in [2.24, 2.45) is 17.8 Å². The molecule has 2 heterocycles. The minimum Gasteiger partial charge on any atom is -0.456 e. The van der Waals surface area contributed by atoms with Crippen LogP contribution in [-0.2, 0) is 33.4 Å². The van der Waals surface area contributed by atoms with Crippen LogP contribution in [0.3, 0.4) is 0 Å². The number of allylic oxidation sites excluding steroid dienone is 2. The largest absolute Gasteiger partial charge is 0.456 e. The average molecular weight is 638 g/mol. The van der Waals surface area contributed by atoms with Gasteiger partial charge in [0.25, 0.3) is 11.7 Å². The molecule has 0 spiro atoms. The summed E-state index contributed by atoms with van der Waals surface area (Å²) in [6.45, 7) is 12.8. The molecule has 0 aromatic carbocycles. The van der Waals surface area contributed by atoms with Gasteiger partial charge in [0.15, 0.2) is 0 Å². The number of hydrogen-bond acceptors (Lipinski definition) is 10. The lowest BCUT2D eigenvalue weighted by molar-refractivity contribution is -0.208. The third-order valence-electron chi connectivity index (χ3n) is 9.32. The number of aliphatic hydroxyl groups excluding tert-OH is 1. The van der Waals surface area contributed by atoms with E-state index >= 15 is 0 Å². The van der Waals surface area contributed by atoms with Gasteiger partial charge in [0.1, 0.15) is 17.9 Å². The maximum absolute atomic E-state index is 13.5. The van der Waals surface area contributed by atoms with Crippen LogP contribution in [0, 0.1) is 17.8 Å². The first-order valence-corrected chi connectivity index (χ1v) is 16.1. The topological polar surface area (TPSA) is 160 Å². The van der Waals surface area contributed by atoms with Gasteiger partial charge >= 0.3 is 5.97 Å². The van der Waals surface area contributed by atoms with Gasteiger partial charge in [-0.2, -0.15) is 0 Å². The Hall–Kier alpha value is -2.44. The lowest BCUT2D eigenvalue weighted by Gasteiger charge is -2.37. The van der Waals surface area contributed by atoms with Crippen molar-refractivity contribution < 1.29 is 48.7 Å². The Balaban J connectivity index is 2.45. The first kappa shape index (κ1) is 38.7. The number of methoxy groups -OCH3 is 2. The maximum atomic E-state index is 13.5. The van der Waals surface area contributed by atoms with E-state index in [0.717, 1.165) is 16.9 Å². The highest BCUT2D eigenvalue weighted by Crippen LogP contribution is 2.30. The van der Waals surface area contributed by atoms with Gasteiger partial charge in [0.05, 0.1) is 18.3 Å². The summed E-state index contributed by atoms with van der Waals surface area (Å²) < 4.78 is 17.1. The molecule has 11 nitrogen and oxygen atoms in total. The van der Waals surface area contributed by atoms with E-state index in [1.807, 2.05) is 13.0 Å². The predicted octanol–water partition coefficient (Wildman–Crippen LogP) is 3.27. The number of fused-ring (bicyclic) bond motifs is 1. The molecule has 3 N–H and O–H groups in total. The predicted molar refractivity (Wildman–Crippen MR) is 168 cm³/mol. The molecule has 0 saturated carbocycles. The van der Waals surface area contributed by atoms with Gasteiger partial charge in [-0.25, -0.2) is 4.79 Å². The van der Waals surface area contributed by atoms with Crippen LogP contribution >= 0.6 is 0 Å². The molecular weight excluding hydrogens is 582 g/mol. The van der Waals surface area contributed by atoms with E-state index in [-0.39, 0.29) is 50.0 Å². The number of rotatable bonds is 3. The molecule has 256 valence electrons. The van der Waals surface area contributed by atoms with Crippen LogP contribution in [-0.4, -0.2) is 101 Å². The average Bonchev–Trinajstić information content (AvgIpc) is 2.99. The molecule has 2 aliphatic heterocycles. The Kier molecular flexibility index (Phi) is 15.0. The molecule has 2 aliphatic rings. The fourth-order valence-electron chi connectivity index (χ4n) is 6.38. The van der Waals surface area contributed by atoms with Crippen molar-refractivity contribution in [1.82, 2.24) is 4.90 Å². The van der Waals surface area contributed by atoms with Crippen molar-refractivity contribution in [3.8, 4) is 0 Å². The number of ether oxygens (including phenoxy) is 3. The van der Waals surface area contributed by atoms with Crippen LogP contribution in [0.5, 0.6) is 0 Å². The number of amides is 1. The standard InChI is InChI=1S/C34H55NO10/c1-20(2)30-24(6)29(37)18-25(36)13-12-21(3)15-22(4)16-26(43-7)19-27(44-8)17-23(5)34(41,42)31(38)32(39)35-14-10-9-11-28(35)33(40)45-30/h12,22-24,26-30,37,41-42H,1,9-11,13-19H2,2-8H3/b21-12+/t22-,23+,24+,26-,27-,28-,29-,30+/m0/s1. The van der Waals surface area contributed by atoms with Gasteiger partial charge in [0.2, 0.25) is 5.79 Å². The third kappa shape index (κ3) is 10.8. The zero-order valence-corrected chi connectivity index (χ0v) is 28.1. The van der Waals surface area contributed by atoms with E-state index in [4.69, 9.17) is 14.2 Å². The lowest BCUT2D eigenvalue weighted by atomic mass is 9.87. The summed E-state index contributed by atoms with van der Waals surface area (Å²) >= 11 is 0. The number of cyclic esters (lactones) is 1. The zero-order chi connectivity index (χ0) is 34.1. The molecule has 45 heavy (non-hydrogen) atoms. The number of Topliss-reactive ketones (excluding diaryl/α,β-unsaturated/α-hetero) is 2. The molecular formula is C34H55NO10. The van der Waals surface area contributed by atoms with Crippen LogP contribution in [0.4, 0.5) is 0 Å². The highest BCUT2D eigenvalue weighted by molar-refractivity contribution is 6.39. The first-order valence-electron chi connectivity index (χ1n) is 16.1. The molecule has 0 bridgehead atoms. The van der Waals surface area contributed by atoms with Gasteiger partial charge in [-0.15, -0.1) is 0 Å². The lowest BCUT2D eigenvalue weighted by Crippen LogP contribution is -2.58. The molecule has 0 radical (unpaired) electrons. The Morgan fingerprint density at radius 1 is 1.00 bits per heavy atom. The minimum atomic E-state index is -3.00. The number of ketones is 2. The highest BCUT2D eigenvalue weighted by atomic mass is 16.5. The molecule has 8 atom stereocenters. The molecule has 1 saturated heterocycles. The molecule has 0 aromatic heterocycles. The van der Waals surface area contributed by atoms with Gasteiger partial charge in [-0.05, 0) is 70.3 Å². The number of nitrogens with zero attached hydrogens (tertiary/aromatic N) is 1. The van der Waals surface area contributed by atoms with Crippen molar-refractivity contribution in [2.75, 3.05) is 20.8 Å². The molecule has 0 aromatic rings. The quantitative estimate of drug-likeness (QED) is 0.181. The first-order chi connectivity index (χ1) is 21.0. The van der Waals surface area contributed by atoms with Gasteiger partial charge in [-0.3, -0.25) is 14.4 Å². The third-order valence-corrected chi connectivity index (χ3v) is 9.32. The smallest absolute Gasteiger partial charge is 0.329 e. The second kappa shape index (κ2) is 17.5. The number of esters is 1. The summed E-state index contributed by atoms with van der Waals surface area (Å²) in [6, 6.07) is -1.14. The van der Waals surface area contributed by atoms with Crippen molar-refractivity contribution in [3.63, 3.8) is 0 Å². The Morgan fingerprint density at radius 2 is 1.62 bits per heavy atom. The molecule has 1 amide bonds. The molecule has 0 aliphatic carbocycles. The van der Waals surface area contributed by atoms with Crippen molar-refractivity contribution in [2.45, 2.75) is 129 Å². The van der Waals surface area contributed by atoms with Crippen LogP contribution in [0.2, 0.25) is 0 Å². The second-order valence-electron chi connectivity index (χ2n) is 13.3. The van der Waals surface area contributed by atoms with E-state index in [1.165, 1.54) is 14.0 Å². The van der Waals surface area contributed by atoms with Gasteiger partial charge in [-0.1, -0.05) is 39.0 Å². The van der Waals surface area contributed by atoms with Gasteiger partial charge in [0, 0.05) is 45.4 Å². The van der Waals surface area contributed by atoms with Crippen molar-refractivity contribution in [3.05, 3.63) is 23.8 Å². The zero-order valence-electron chi connectivity index (χ0n) is 28.1. The van der Waals surface area contributed by atoms with E-state index < -0.39 is 59.6 Å². The SMILES string of the molecule is C=C(C)[C@H]1OC(=O)[C@@H]2CCCCN2C(=O)C(=O)C(O)(O)[C@H](C)C[C@H](OC)C[C@@H](OC)C[C@@H](C)C/C(C)=C/CC(=O)C[C@H](O)[C@H]1C. The summed E-state index contributed by atoms with van der Waals surface area (Å²) in [4.78, 5) is 54.1. The summed E-state index contributed by atoms with van der Waals surface area (Å²) in [5, 5.41) is 32.9. The number of carbonyl (C=O) groups excluding carboxylic acids is 4. The highest BCUT2D eigenvalue weighted by Gasteiger charge is 2.48. The monoisotopic (exact) mass is 637 g/mol. The normalized spacial score (nSPS) is 35.2. The number of carbonyl (C=O) groups is 4. The second-order valence-corrected chi connectivity index (χ2v) is 13.3. The number of hydrogen-bond donors (Lipinski definition) is 3. The van der Waals surface area contributed by atoms with E-state index in [0.29, 0.717) is 31.3 Å². The Labute approximate surface area is 268 Å². The van der Waals surface area contributed by atoms with Crippen LogP contribution in [0.25, 0.3) is 0 Å². The van der Waals surface area contributed by atoms with Crippen LogP contribution < -0.4 is 0 Å². The fraction of sp³-hybridized carbons (Fsp3) is 0.765. The van der Waals surface area contributed by atoms with E-state index in [1.54, 1.807) is 21.0 Å². The molecule has 11 heteroatoms. The Bertz CT molecular complexity index is 1080. The van der Waals surface area contributed by atoms with E-state index in [2.05, 4.69) is 13.5 Å². The molecule has 0 unspecified atom stereocenters. The number of aliphatic hydroxyl groups is 3. The Morgan fingerprint density at radius 3 is 2.22 bits per heavy atom.